The van der Waals surface area contributed by atoms with Crippen molar-refractivity contribution in [2.75, 3.05) is 20.2 Å². The van der Waals surface area contributed by atoms with E-state index in [9.17, 15) is 4.79 Å². The van der Waals surface area contributed by atoms with Crippen molar-refractivity contribution in [2.24, 2.45) is 0 Å². The summed E-state index contributed by atoms with van der Waals surface area (Å²) in [5.41, 5.74) is 0.971. The highest BCUT2D eigenvalue weighted by Crippen LogP contribution is 2.32. The van der Waals surface area contributed by atoms with E-state index in [2.05, 4.69) is 10.6 Å². The van der Waals surface area contributed by atoms with Crippen LogP contribution in [0.4, 0.5) is 0 Å². The lowest BCUT2D eigenvalue weighted by atomic mass is 10.1. The van der Waals surface area contributed by atoms with Gasteiger partial charge < -0.3 is 20.1 Å². The molecule has 0 aliphatic heterocycles. The minimum Gasteiger partial charge on any atom is -0.490 e. The summed E-state index contributed by atoms with van der Waals surface area (Å²) in [5.74, 6) is 1.19. The van der Waals surface area contributed by atoms with Crippen molar-refractivity contribution in [1.29, 1.82) is 0 Å². The number of benzene rings is 1. The fourth-order valence-electron chi connectivity index (χ4n) is 1.92. The Morgan fingerprint density at radius 2 is 2.10 bits per heavy atom. The number of carbonyl (C=O) groups is 1. The summed E-state index contributed by atoms with van der Waals surface area (Å²) in [4.78, 5) is 12.0. The van der Waals surface area contributed by atoms with Crippen molar-refractivity contribution >= 4 is 5.91 Å². The van der Waals surface area contributed by atoms with Crippen LogP contribution in [-0.4, -0.2) is 32.2 Å². The minimum absolute atomic E-state index is 0.112. The van der Waals surface area contributed by atoms with Gasteiger partial charge in [-0.2, -0.15) is 0 Å². The normalized spacial score (nSPS) is 11.8. The van der Waals surface area contributed by atoms with Crippen LogP contribution in [0.3, 0.4) is 0 Å². The highest BCUT2D eigenvalue weighted by atomic mass is 16.5. The van der Waals surface area contributed by atoms with E-state index in [1.807, 2.05) is 39.1 Å². The third kappa shape index (κ3) is 5.27. The molecule has 0 spiro atoms. The van der Waals surface area contributed by atoms with Crippen molar-refractivity contribution in [2.45, 2.75) is 39.8 Å². The van der Waals surface area contributed by atoms with Crippen LogP contribution in [0, 0.1) is 0 Å². The second-order valence-electron chi connectivity index (χ2n) is 4.76. The predicted octanol–water partition coefficient (Wildman–Crippen LogP) is 2.10. The van der Waals surface area contributed by atoms with Gasteiger partial charge in [0.15, 0.2) is 17.6 Å². The van der Waals surface area contributed by atoms with E-state index in [1.54, 1.807) is 6.92 Å². The lowest BCUT2D eigenvalue weighted by molar-refractivity contribution is -0.127. The van der Waals surface area contributed by atoms with E-state index in [1.165, 1.54) is 0 Å². The molecule has 1 unspecified atom stereocenters. The molecule has 1 aromatic carbocycles. The third-order valence-corrected chi connectivity index (χ3v) is 2.94. The molecule has 5 nitrogen and oxygen atoms in total. The van der Waals surface area contributed by atoms with Gasteiger partial charge in [-0.15, -0.1) is 0 Å². The highest BCUT2D eigenvalue weighted by Gasteiger charge is 2.18. The molecule has 5 heteroatoms. The van der Waals surface area contributed by atoms with Gasteiger partial charge >= 0.3 is 0 Å². The number of ether oxygens (including phenoxy) is 2. The maximum Gasteiger partial charge on any atom is 0.260 e. The highest BCUT2D eigenvalue weighted by molar-refractivity contribution is 5.80. The van der Waals surface area contributed by atoms with E-state index in [0.29, 0.717) is 31.2 Å². The number of hydrogen-bond donors (Lipinski definition) is 2. The third-order valence-electron chi connectivity index (χ3n) is 2.94. The standard InChI is InChI=1S/C16H26N2O3/c1-5-10-18-16(19)12(3)21-15-13(11-17-4)8-7-9-14(15)20-6-2/h7-9,12,17H,5-6,10-11H2,1-4H3,(H,18,19). The molecular formula is C16H26N2O3. The van der Waals surface area contributed by atoms with Gasteiger partial charge in [-0.25, -0.2) is 0 Å². The molecule has 1 aromatic rings. The predicted molar refractivity (Wildman–Crippen MR) is 83.8 cm³/mol. The molecule has 1 atom stereocenters. The molecule has 0 aliphatic rings. The first-order valence-electron chi connectivity index (χ1n) is 7.47. The van der Waals surface area contributed by atoms with Crippen LogP contribution < -0.4 is 20.1 Å². The topological polar surface area (TPSA) is 59.6 Å². The van der Waals surface area contributed by atoms with E-state index in [0.717, 1.165) is 12.0 Å². The molecule has 0 radical (unpaired) electrons. The monoisotopic (exact) mass is 294 g/mol. The average Bonchev–Trinajstić information content (AvgIpc) is 2.48. The molecule has 21 heavy (non-hydrogen) atoms. The van der Waals surface area contributed by atoms with Gasteiger partial charge in [0.2, 0.25) is 0 Å². The molecule has 0 heterocycles. The van der Waals surface area contributed by atoms with Gasteiger partial charge in [0.1, 0.15) is 0 Å². The molecule has 0 aromatic heterocycles. The fraction of sp³-hybridized carbons (Fsp3) is 0.562. The maximum absolute atomic E-state index is 12.0. The Morgan fingerprint density at radius 3 is 2.71 bits per heavy atom. The number of amides is 1. The largest absolute Gasteiger partial charge is 0.490 e. The Balaban J connectivity index is 2.90. The Labute approximate surface area is 127 Å². The molecule has 0 saturated heterocycles. The first-order valence-corrected chi connectivity index (χ1v) is 7.47. The lowest BCUT2D eigenvalue weighted by Crippen LogP contribution is -2.37. The van der Waals surface area contributed by atoms with Crippen molar-refractivity contribution in [3.8, 4) is 11.5 Å². The van der Waals surface area contributed by atoms with Crippen LogP contribution in [0.2, 0.25) is 0 Å². The molecule has 0 bridgehead atoms. The van der Waals surface area contributed by atoms with Gasteiger partial charge in [0.05, 0.1) is 6.61 Å². The van der Waals surface area contributed by atoms with Crippen LogP contribution in [-0.2, 0) is 11.3 Å². The van der Waals surface area contributed by atoms with Crippen LogP contribution in [0.5, 0.6) is 11.5 Å². The van der Waals surface area contributed by atoms with Crippen molar-refractivity contribution < 1.29 is 14.3 Å². The number of para-hydroxylation sites is 1. The van der Waals surface area contributed by atoms with Crippen LogP contribution in [0.25, 0.3) is 0 Å². The van der Waals surface area contributed by atoms with Crippen molar-refractivity contribution in [3.05, 3.63) is 23.8 Å². The molecular weight excluding hydrogens is 268 g/mol. The zero-order valence-electron chi connectivity index (χ0n) is 13.4. The average molecular weight is 294 g/mol. The summed E-state index contributed by atoms with van der Waals surface area (Å²) >= 11 is 0. The molecule has 0 saturated carbocycles. The van der Waals surface area contributed by atoms with Crippen LogP contribution >= 0.6 is 0 Å². The van der Waals surface area contributed by atoms with Gasteiger partial charge in [-0.05, 0) is 33.4 Å². The molecule has 0 aliphatic carbocycles. The minimum atomic E-state index is -0.561. The Bertz CT molecular complexity index is 425. The second-order valence-corrected chi connectivity index (χ2v) is 4.76. The Kier molecular flexibility index (Phi) is 7.61. The second kappa shape index (κ2) is 9.23. The van der Waals surface area contributed by atoms with E-state index >= 15 is 0 Å². The zero-order chi connectivity index (χ0) is 15.7. The van der Waals surface area contributed by atoms with Gasteiger partial charge in [0, 0.05) is 18.7 Å². The zero-order valence-corrected chi connectivity index (χ0v) is 13.4. The smallest absolute Gasteiger partial charge is 0.260 e. The van der Waals surface area contributed by atoms with E-state index < -0.39 is 6.10 Å². The summed E-state index contributed by atoms with van der Waals surface area (Å²) in [7, 11) is 1.87. The number of carbonyl (C=O) groups excluding carboxylic acids is 1. The molecule has 0 fully saturated rings. The summed E-state index contributed by atoms with van der Waals surface area (Å²) in [6, 6.07) is 5.74. The summed E-state index contributed by atoms with van der Waals surface area (Å²) in [6.07, 6.45) is 0.340. The maximum atomic E-state index is 12.0. The van der Waals surface area contributed by atoms with Gasteiger partial charge in [0.25, 0.3) is 5.91 Å². The number of rotatable bonds is 9. The van der Waals surface area contributed by atoms with Gasteiger partial charge in [-0.1, -0.05) is 19.1 Å². The molecule has 1 rings (SSSR count). The first-order chi connectivity index (χ1) is 10.1. The van der Waals surface area contributed by atoms with Gasteiger partial charge in [-0.3, -0.25) is 4.79 Å². The SMILES string of the molecule is CCCNC(=O)C(C)Oc1c(CNC)cccc1OCC. The van der Waals surface area contributed by atoms with E-state index in [-0.39, 0.29) is 5.91 Å². The number of hydrogen-bond acceptors (Lipinski definition) is 4. The summed E-state index contributed by atoms with van der Waals surface area (Å²) < 4.78 is 11.5. The number of nitrogens with one attached hydrogen (secondary N) is 2. The lowest BCUT2D eigenvalue weighted by Gasteiger charge is -2.20. The molecule has 2 N–H and O–H groups in total. The summed E-state index contributed by atoms with van der Waals surface area (Å²) in [5, 5.41) is 5.93. The van der Waals surface area contributed by atoms with Crippen LogP contribution in [0.15, 0.2) is 18.2 Å². The summed E-state index contributed by atoms with van der Waals surface area (Å²) in [6.45, 7) is 7.54. The van der Waals surface area contributed by atoms with Crippen molar-refractivity contribution in [3.63, 3.8) is 0 Å². The first kappa shape index (κ1) is 17.3. The molecule has 118 valence electrons. The Morgan fingerprint density at radius 1 is 1.33 bits per heavy atom. The van der Waals surface area contributed by atoms with Crippen LogP contribution in [0.1, 0.15) is 32.8 Å². The quantitative estimate of drug-likeness (QED) is 0.732. The van der Waals surface area contributed by atoms with E-state index in [4.69, 9.17) is 9.47 Å². The molecule has 1 amide bonds. The Hall–Kier alpha value is -1.75. The fourth-order valence-corrected chi connectivity index (χ4v) is 1.92. The van der Waals surface area contributed by atoms with Crippen molar-refractivity contribution in [1.82, 2.24) is 10.6 Å².